The molecule has 3 rings (SSSR count). The quantitative estimate of drug-likeness (QED) is 0.645. The summed E-state index contributed by atoms with van der Waals surface area (Å²) in [5, 5.41) is 0.196. The monoisotopic (exact) mass is 409 g/mol. The molecule has 0 atom stereocenters. The number of thioether (sulfide) groups is 1. The van der Waals surface area contributed by atoms with E-state index < -0.39 is 11.1 Å². The van der Waals surface area contributed by atoms with Crippen LogP contribution in [-0.2, 0) is 4.79 Å². The van der Waals surface area contributed by atoms with Gasteiger partial charge in [0.05, 0.1) is 34.9 Å². The van der Waals surface area contributed by atoms with Gasteiger partial charge in [0.25, 0.3) is 11.1 Å². The Labute approximate surface area is 164 Å². The summed E-state index contributed by atoms with van der Waals surface area (Å²) in [6.07, 6.45) is 1.60. The molecular weight excluding hydrogens is 397 g/mol. The Bertz CT molecular complexity index is 929. The van der Waals surface area contributed by atoms with Crippen LogP contribution in [0.2, 0.25) is 10.0 Å². The normalized spacial score (nSPS) is 15.7. The van der Waals surface area contributed by atoms with Gasteiger partial charge < -0.3 is 9.47 Å². The van der Waals surface area contributed by atoms with Crippen LogP contribution in [0.25, 0.3) is 6.08 Å². The van der Waals surface area contributed by atoms with Crippen LogP contribution in [-0.4, -0.2) is 25.4 Å². The minimum atomic E-state index is -0.441. The first-order chi connectivity index (χ1) is 12.5. The molecule has 0 radical (unpaired) electrons. The Morgan fingerprint density at radius 3 is 2.46 bits per heavy atom. The Hall–Kier alpha value is -2.15. The van der Waals surface area contributed by atoms with E-state index in [0.29, 0.717) is 27.8 Å². The molecular formula is C18H13Cl2NO4S. The Kier molecular flexibility index (Phi) is 5.46. The van der Waals surface area contributed by atoms with Crippen LogP contribution in [0.15, 0.2) is 41.3 Å². The topological polar surface area (TPSA) is 55.8 Å². The number of hydrogen-bond donors (Lipinski definition) is 0. The number of ether oxygens (including phenoxy) is 2. The van der Waals surface area contributed by atoms with E-state index in [0.717, 1.165) is 16.7 Å². The molecule has 1 aliphatic heterocycles. The van der Waals surface area contributed by atoms with Crippen LogP contribution >= 0.6 is 35.0 Å². The zero-order valence-corrected chi connectivity index (χ0v) is 16.1. The van der Waals surface area contributed by atoms with Gasteiger partial charge in [-0.25, -0.2) is 4.90 Å². The van der Waals surface area contributed by atoms with E-state index in [1.165, 1.54) is 26.4 Å². The number of hydrogen-bond acceptors (Lipinski definition) is 5. The van der Waals surface area contributed by atoms with Gasteiger partial charge in [0.1, 0.15) is 0 Å². The molecule has 0 saturated carbocycles. The van der Waals surface area contributed by atoms with Crippen LogP contribution in [0.5, 0.6) is 11.5 Å². The lowest BCUT2D eigenvalue weighted by molar-refractivity contribution is -0.113. The van der Waals surface area contributed by atoms with Gasteiger partial charge in [0.15, 0.2) is 11.5 Å². The molecule has 1 saturated heterocycles. The van der Waals surface area contributed by atoms with Crippen molar-refractivity contribution in [2.45, 2.75) is 0 Å². The standard InChI is InChI=1S/C18H13Cl2NO4S/c1-24-14-5-3-4-10(16(14)25-2)8-15-17(22)21(18(23)26-15)11-6-7-12(19)13(20)9-11/h3-9H,1-2H3/b15-8-. The second kappa shape index (κ2) is 7.61. The fourth-order valence-electron chi connectivity index (χ4n) is 2.48. The van der Waals surface area contributed by atoms with E-state index in [2.05, 4.69) is 0 Å². The highest BCUT2D eigenvalue weighted by atomic mass is 35.5. The third-order valence-electron chi connectivity index (χ3n) is 3.68. The molecule has 0 aliphatic carbocycles. The number of imide groups is 1. The lowest BCUT2D eigenvalue weighted by Gasteiger charge is -2.13. The number of anilines is 1. The fourth-order valence-corrected chi connectivity index (χ4v) is 3.61. The van der Waals surface area contributed by atoms with Gasteiger partial charge in [-0.2, -0.15) is 0 Å². The van der Waals surface area contributed by atoms with Crippen molar-refractivity contribution in [1.29, 1.82) is 0 Å². The molecule has 1 fully saturated rings. The molecule has 8 heteroatoms. The van der Waals surface area contributed by atoms with Gasteiger partial charge in [-0.05, 0) is 42.1 Å². The molecule has 5 nitrogen and oxygen atoms in total. The Balaban J connectivity index is 1.99. The highest BCUT2D eigenvalue weighted by molar-refractivity contribution is 8.19. The molecule has 26 heavy (non-hydrogen) atoms. The molecule has 0 N–H and O–H groups in total. The largest absolute Gasteiger partial charge is 0.493 e. The van der Waals surface area contributed by atoms with E-state index in [9.17, 15) is 9.59 Å². The molecule has 0 bridgehead atoms. The average Bonchev–Trinajstić information content (AvgIpc) is 2.90. The number of amides is 2. The van der Waals surface area contributed by atoms with Crippen molar-refractivity contribution in [2.75, 3.05) is 19.1 Å². The van der Waals surface area contributed by atoms with E-state index in [1.54, 1.807) is 30.3 Å². The van der Waals surface area contributed by atoms with Crippen molar-refractivity contribution in [2.24, 2.45) is 0 Å². The van der Waals surface area contributed by atoms with Gasteiger partial charge in [0.2, 0.25) is 0 Å². The number of carbonyl (C=O) groups is 2. The molecule has 134 valence electrons. The first-order valence-electron chi connectivity index (χ1n) is 7.40. The fraction of sp³-hybridized carbons (Fsp3) is 0.111. The second-order valence-electron chi connectivity index (χ2n) is 5.20. The van der Waals surface area contributed by atoms with E-state index >= 15 is 0 Å². The molecule has 2 aromatic carbocycles. The summed E-state index contributed by atoms with van der Waals surface area (Å²) in [7, 11) is 3.04. The minimum absolute atomic E-state index is 0.265. The van der Waals surface area contributed by atoms with E-state index in [1.807, 2.05) is 0 Å². The summed E-state index contributed by atoms with van der Waals surface area (Å²) in [4.78, 5) is 26.4. The van der Waals surface area contributed by atoms with Crippen molar-refractivity contribution in [3.63, 3.8) is 0 Å². The van der Waals surface area contributed by atoms with Crippen LogP contribution in [0, 0.1) is 0 Å². The van der Waals surface area contributed by atoms with Gasteiger partial charge in [-0.1, -0.05) is 35.3 Å². The maximum absolute atomic E-state index is 12.7. The number of benzene rings is 2. The van der Waals surface area contributed by atoms with E-state index in [4.69, 9.17) is 32.7 Å². The number of nitrogens with zero attached hydrogens (tertiary/aromatic N) is 1. The molecule has 0 spiro atoms. The lowest BCUT2D eigenvalue weighted by Crippen LogP contribution is -2.27. The van der Waals surface area contributed by atoms with Crippen molar-refractivity contribution >= 4 is 57.9 Å². The van der Waals surface area contributed by atoms with Crippen molar-refractivity contribution in [3.8, 4) is 11.5 Å². The summed E-state index contributed by atoms with van der Waals surface area (Å²) < 4.78 is 10.6. The Morgan fingerprint density at radius 2 is 1.81 bits per heavy atom. The van der Waals surface area contributed by atoms with Crippen molar-refractivity contribution in [1.82, 2.24) is 0 Å². The minimum Gasteiger partial charge on any atom is -0.493 e. The highest BCUT2D eigenvalue weighted by Crippen LogP contribution is 2.39. The van der Waals surface area contributed by atoms with Crippen molar-refractivity contribution < 1.29 is 19.1 Å². The zero-order valence-electron chi connectivity index (χ0n) is 13.8. The first kappa shape index (κ1) is 18.6. The number of para-hydroxylation sites is 1. The number of methoxy groups -OCH3 is 2. The highest BCUT2D eigenvalue weighted by Gasteiger charge is 2.36. The van der Waals surface area contributed by atoms with Crippen LogP contribution < -0.4 is 14.4 Å². The number of halogens is 2. The summed E-state index contributed by atoms with van der Waals surface area (Å²) in [6.45, 7) is 0. The zero-order chi connectivity index (χ0) is 18.8. The molecule has 2 aromatic rings. The van der Waals surface area contributed by atoms with Crippen LogP contribution in [0.1, 0.15) is 5.56 Å². The summed E-state index contributed by atoms with van der Waals surface area (Å²) in [5.74, 6) is 0.574. The molecule has 0 aromatic heterocycles. The second-order valence-corrected chi connectivity index (χ2v) is 7.01. The number of rotatable bonds is 4. The van der Waals surface area contributed by atoms with Crippen molar-refractivity contribution in [3.05, 3.63) is 56.9 Å². The summed E-state index contributed by atoms with van der Waals surface area (Å²) in [6, 6.07) is 9.88. The predicted octanol–water partition coefficient (Wildman–Crippen LogP) is 5.25. The first-order valence-corrected chi connectivity index (χ1v) is 8.97. The Morgan fingerprint density at radius 1 is 1.04 bits per heavy atom. The van der Waals surface area contributed by atoms with Gasteiger partial charge in [-0.15, -0.1) is 0 Å². The molecule has 2 amide bonds. The summed E-state index contributed by atoms with van der Waals surface area (Å²) in [5.41, 5.74) is 0.995. The molecule has 1 heterocycles. The molecule has 0 unspecified atom stereocenters. The smallest absolute Gasteiger partial charge is 0.298 e. The third-order valence-corrected chi connectivity index (χ3v) is 5.28. The van der Waals surface area contributed by atoms with Crippen LogP contribution in [0.3, 0.4) is 0 Å². The summed E-state index contributed by atoms with van der Waals surface area (Å²) >= 11 is 12.7. The van der Waals surface area contributed by atoms with Gasteiger partial charge in [-0.3, -0.25) is 9.59 Å². The third kappa shape index (κ3) is 3.40. The predicted molar refractivity (Wildman–Crippen MR) is 104 cm³/mol. The van der Waals surface area contributed by atoms with E-state index in [-0.39, 0.29) is 9.93 Å². The average molecular weight is 410 g/mol. The van der Waals surface area contributed by atoms with Gasteiger partial charge >= 0.3 is 0 Å². The molecule has 1 aliphatic rings. The SMILES string of the molecule is COc1cccc(/C=C2\SC(=O)N(c3ccc(Cl)c(Cl)c3)C2=O)c1OC. The maximum Gasteiger partial charge on any atom is 0.298 e. The maximum atomic E-state index is 12.7. The van der Waals surface area contributed by atoms with Crippen LogP contribution in [0.4, 0.5) is 10.5 Å². The van der Waals surface area contributed by atoms with Gasteiger partial charge in [0, 0.05) is 5.56 Å². The number of carbonyl (C=O) groups excluding carboxylic acids is 2. The lowest BCUT2D eigenvalue weighted by atomic mass is 10.1.